The summed E-state index contributed by atoms with van der Waals surface area (Å²) in [5.41, 5.74) is -0.669. The molecule has 0 bridgehead atoms. The van der Waals surface area contributed by atoms with Crippen molar-refractivity contribution in [1.29, 1.82) is 0 Å². The lowest BCUT2D eigenvalue weighted by Gasteiger charge is -2.12. The first-order chi connectivity index (χ1) is 8.79. The van der Waals surface area contributed by atoms with Crippen molar-refractivity contribution in [3.63, 3.8) is 0 Å². The lowest BCUT2D eigenvalue weighted by molar-refractivity contribution is -0.138. The molecule has 2 aromatic rings. The van der Waals surface area contributed by atoms with Gasteiger partial charge in [-0.15, -0.1) is 0 Å². The smallest absolute Gasteiger partial charge is 0.416 e. The monoisotopic (exact) mass is 270 g/mol. The maximum atomic E-state index is 12.8. The molecule has 0 amide bonds. The first-order valence-corrected chi connectivity index (χ1v) is 5.24. The fraction of sp³-hybridized carbons (Fsp3) is 0.167. The Labute approximate surface area is 106 Å². The van der Waals surface area contributed by atoms with Crippen molar-refractivity contribution >= 4 is 5.97 Å². The number of alkyl halides is 3. The number of carboxylic acid groups (broad SMARTS) is 1. The molecule has 100 valence electrons. The Balaban J connectivity index is 2.48. The number of carbonyl (C=O) groups is 1. The minimum atomic E-state index is -4.45. The number of aromatic nitrogens is 2. The van der Waals surface area contributed by atoms with Gasteiger partial charge in [0, 0.05) is 11.9 Å². The number of carboxylic acids is 1. The Bertz CT molecular complexity index is 632. The molecule has 1 aromatic carbocycles. The number of nitrogens with zero attached hydrogens (tertiary/aromatic N) is 2. The molecule has 0 atom stereocenters. The van der Waals surface area contributed by atoms with Crippen LogP contribution < -0.4 is 0 Å². The third-order valence-electron chi connectivity index (χ3n) is 2.63. The van der Waals surface area contributed by atoms with Crippen molar-refractivity contribution in [2.24, 2.45) is 0 Å². The van der Waals surface area contributed by atoms with Gasteiger partial charge in [0.05, 0.1) is 5.56 Å². The lowest BCUT2D eigenvalue weighted by Crippen LogP contribution is -2.08. The van der Waals surface area contributed by atoms with E-state index in [1.165, 1.54) is 23.6 Å². The topological polar surface area (TPSA) is 55.1 Å². The summed E-state index contributed by atoms with van der Waals surface area (Å²) in [6.07, 6.45) is -2.13. The van der Waals surface area contributed by atoms with E-state index in [-0.39, 0.29) is 16.9 Å². The van der Waals surface area contributed by atoms with Crippen LogP contribution in [0.4, 0.5) is 13.2 Å². The summed E-state index contributed by atoms with van der Waals surface area (Å²) in [7, 11) is 0. The molecule has 0 radical (unpaired) electrons. The summed E-state index contributed by atoms with van der Waals surface area (Å²) in [5, 5.41) is 8.72. The van der Waals surface area contributed by atoms with Crippen LogP contribution in [0.15, 0.2) is 30.7 Å². The molecule has 0 fully saturated rings. The summed E-state index contributed by atoms with van der Waals surface area (Å²) < 4.78 is 39.5. The van der Waals surface area contributed by atoms with Gasteiger partial charge in [-0.1, -0.05) is 6.07 Å². The third kappa shape index (κ3) is 2.59. The largest absolute Gasteiger partial charge is 0.476 e. The Morgan fingerprint density at radius 1 is 1.37 bits per heavy atom. The van der Waals surface area contributed by atoms with Crippen LogP contribution in [0.3, 0.4) is 0 Å². The molecule has 19 heavy (non-hydrogen) atoms. The normalized spacial score (nSPS) is 11.6. The lowest BCUT2D eigenvalue weighted by atomic mass is 10.1. The van der Waals surface area contributed by atoms with Gasteiger partial charge in [-0.25, -0.2) is 9.78 Å². The van der Waals surface area contributed by atoms with E-state index in [2.05, 4.69) is 4.98 Å². The second-order valence-corrected chi connectivity index (χ2v) is 3.97. The number of halogens is 3. The number of imidazole rings is 1. The van der Waals surface area contributed by atoms with E-state index in [1.54, 1.807) is 0 Å². The Kier molecular flexibility index (Phi) is 3.05. The molecule has 0 aliphatic heterocycles. The maximum Gasteiger partial charge on any atom is 0.416 e. The standard InChI is InChI=1S/C12H9F3N2O2/c1-7-2-3-8(4-9(7)12(13,14)15)17-5-10(11(18)19)16-6-17/h2-6H,1H3,(H,18,19). The van der Waals surface area contributed by atoms with Crippen LogP contribution >= 0.6 is 0 Å². The number of benzene rings is 1. The first-order valence-electron chi connectivity index (χ1n) is 5.24. The van der Waals surface area contributed by atoms with E-state index >= 15 is 0 Å². The molecule has 1 heterocycles. The zero-order valence-corrected chi connectivity index (χ0v) is 9.77. The van der Waals surface area contributed by atoms with Crippen molar-refractivity contribution in [3.05, 3.63) is 47.5 Å². The highest BCUT2D eigenvalue weighted by atomic mass is 19.4. The molecule has 0 saturated carbocycles. The molecule has 7 heteroatoms. The molecule has 0 unspecified atom stereocenters. The highest BCUT2D eigenvalue weighted by Crippen LogP contribution is 2.33. The maximum absolute atomic E-state index is 12.8. The molecule has 2 rings (SSSR count). The van der Waals surface area contributed by atoms with Crippen molar-refractivity contribution < 1.29 is 23.1 Å². The molecule has 0 aliphatic carbocycles. The van der Waals surface area contributed by atoms with Gasteiger partial charge in [-0.05, 0) is 24.6 Å². The summed E-state index contributed by atoms with van der Waals surface area (Å²) in [6.45, 7) is 1.36. The molecular formula is C12H9F3N2O2. The Hall–Kier alpha value is -2.31. The van der Waals surface area contributed by atoms with Gasteiger partial charge in [0.1, 0.15) is 6.33 Å². The molecule has 1 N–H and O–H groups in total. The van der Waals surface area contributed by atoms with Crippen molar-refractivity contribution in [1.82, 2.24) is 9.55 Å². The molecular weight excluding hydrogens is 261 g/mol. The van der Waals surface area contributed by atoms with Gasteiger partial charge in [0.25, 0.3) is 0 Å². The predicted molar refractivity (Wildman–Crippen MR) is 60.3 cm³/mol. The van der Waals surface area contributed by atoms with E-state index in [0.717, 1.165) is 18.6 Å². The summed E-state index contributed by atoms with van der Waals surface area (Å²) in [5.74, 6) is -1.23. The van der Waals surface area contributed by atoms with Crippen molar-refractivity contribution in [3.8, 4) is 5.69 Å². The van der Waals surface area contributed by atoms with Crippen LogP contribution in [-0.2, 0) is 6.18 Å². The summed E-state index contributed by atoms with van der Waals surface area (Å²) in [6, 6.07) is 3.76. The minimum absolute atomic E-state index is 0.106. The molecule has 0 saturated heterocycles. The molecule has 0 spiro atoms. The number of hydrogen-bond donors (Lipinski definition) is 1. The number of hydrogen-bond acceptors (Lipinski definition) is 2. The average Bonchev–Trinajstić information content (AvgIpc) is 2.77. The number of aromatic carboxylic acids is 1. The number of rotatable bonds is 2. The van der Waals surface area contributed by atoms with Crippen LogP contribution in [0.2, 0.25) is 0 Å². The zero-order chi connectivity index (χ0) is 14.2. The zero-order valence-electron chi connectivity index (χ0n) is 9.77. The van der Waals surface area contributed by atoms with Gasteiger partial charge in [0.2, 0.25) is 0 Å². The number of aryl methyl sites for hydroxylation is 1. The van der Waals surface area contributed by atoms with E-state index in [1.807, 2.05) is 0 Å². The summed E-state index contributed by atoms with van der Waals surface area (Å²) >= 11 is 0. The van der Waals surface area contributed by atoms with Crippen LogP contribution in [0.5, 0.6) is 0 Å². The van der Waals surface area contributed by atoms with Gasteiger partial charge in [-0.2, -0.15) is 13.2 Å². The fourth-order valence-electron chi connectivity index (χ4n) is 1.65. The van der Waals surface area contributed by atoms with E-state index in [9.17, 15) is 18.0 Å². The van der Waals surface area contributed by atoms with Crippen LogP contribution in [-0.4, -0.2) is 20.6 Å². The van der Waals surface area contributed by atoms with Crippen molar-refractivity contribution in [2.45, 2.75) is 13.1 Å². The van der Waals surface area contributed by atoms with Crippen LogP contribution in [0.1, 0.15) is 21.6 Å². The van der Waals surface area contributed by atoms with Gasteiger partial charge in [0.15, 0.2) is 5.69 Å². The van der Waals surface area contributed by atoms with Gasteiger partial charge < -0.3 is 9.67 Å². The van der Waals surface area contributed by atoms with Crippen LogP contribution in [0.25, 0.3) is 5.69 Å². The second-order valence-electron chi connectivity index (χ2n) is 3.97. The molecule has 4 nitrogen and oxygen atoms in total. The highest BCUT2D eigenvalue weighted by Gasteiger charge is 2.32. The van der Waals surface area contributed by atoms with E-state index in [0.29, 0.717) is 0 Å². The minimum Gasteiger partial charge on any atom is -0.476 e. The fourth-order valence-corrected chi connectivity index (χ4v) is 1.65. The highest BCUT2D eigenvalue weighted by molar-refractivity contribution is 5.85. The average molecular weight is 270 g/mol. The third-order valence-corrected chi connectivity index (χ3v) is 2.63. The SMILES string of the molecule is Cc1ccc(-n2cnc(C(=O)O)c2)cc1C(F)(F)F. The molecule has 0 aliphatic rings. The summed E-state index contributed by atoms with van der Waals surface area (Å²) in [4.78, 5) is 14.3. The Morgan fingerprint density at radius 2 is 2.05 bits per heavy atom. The van der Waals surface area contributed by atoms with Gasteiger partial charge in [-0.3, -0.25) is 0 Å². The van der Waals surface area contributed by atoms with E-state index < -0.39 is 17.7 Å². The van der Waals surface area contributed by atoms with Crippen LogP contribution in [0, 0.1) is 6.92 Å². The Morgan fingerprint density at radius 3 is 2.58 bits per heavy atom. The van der Waals surface area contributed by atoms with E-state index in [4.69, 9.17) is 5.11 Å². The predicted octanol–water partition coefficient (Wildman–Crippen LogP) is 2.90. The molecule has 1 aromatic heterocycles. The van der Waals surface area contributed by atoms with Crippen molar-refractivity contribution in [2.75, 3.05) is 0 Å². The van der Waals surface area contributed by atoms with Gasteiger partial charge >= 0.3 is 12.1 Å². The second kappa shape index (κ2) is 4.42. The first kappa shape index (κ1) is 13.1. The quantitative estimate of drug-likeness (QED) is 0.912.